The van der Waals surface area contributed by atoms with E-state index in [4.69, 9.17) is 9.47 Å². The van der Waals surface area contributed by atoms with Crippen molar-refractivity contribution in [1.29, 1.82) is 0 Å². The predicted molar refractivity (Wildman–Crippen MR) is 140 cm³/mol. The zero-order valence-electron chi connectivity index (χ0n) is 23.6. The summed E-state index contributed by atoms with van der Waals surface area (Å²) in [7, 11) is 0. The molecule has 0 aromatic carbocycles. The second-order valence-corrected chi connectivity index (χ2v) is 13.4. The molecular formula is C31H48O5. The average Bonchev–Trinajstić information content (AvgIpc) is 3.14. The summed E-state index contributed by atoms with van der Waals surface area (Å²) in [6.07, 6.45) is 11.1. The molecule has 4 aliphatic carbocycles. The van der Waals surface area contributed by atoms with Crippen LogP contribution in [-0.2, 0) is 23.9 Å². The molecule has 5 nitrogen and oxygen atoms in total. The van der Waals surface area contributed by atoms with Crippen LogP contribution in [0.2, 0.25) is 0 Å². The molecule has 0 saturated heterocycles. The lowest BCUT2D eigenvalue weighted by Crippen LogP contribution is -2.53. The molecule has 3 fully saturated rings. The molecule has 0 aliphatic heterocycles. The molecule has 0 amide bonds. The number of rotatable bonds is 7. The lowest BCUT2D eigenvalue weighted by molar-refractivity contribution is -0.150. The summed E-state index contributed by atoms with van der Waals surface area (Å²) in [6.45, 7) is 14.5. The van der Waals surface area contributed by atoms with Crippen molar-refractivity contribution in [3.05, 3.63) is 11.6 Å². The van der Waals surface area contributed by atoms with E-state index in [9.17, 15) is 14.4 Å². The van der Waals surface area contributed by atoms with Crippen molar-refractivity contribution >= 4 is 17.7 Å². The van der Waals surface area contributed by atoms with Gasteiger partial charge in [0.05, 0.1) is 0 Å². The van der Waals surface area contributed by atoms with E-state index in [1.165, 1.54) is 32.3 Å². The van der Waals surface area contributed by atoms with Crippen LogP contribution in [0.4, 0.5) is 0 Å². The standard InChI is InChI=1S/C31H48O5/c1-18(2)28(36-21(5)33)11-8-19(3)24-9-10-25-29-26(13-15-31(24,25)7)30(6)14-12-23(35-20(4)32)16-22(30)17-27(29)34/h17-19,23-26,28-29H,8-16H2,1-7H3/t19-,23-,24+,25-,26-,28-,29-,30-,31+/m0/s1. The molecule has 4 rings (SSSR count). The van der Waals surface area contributed by atoms with E-state index >= 15 is 0 Å². The van der Waals surface area contributed by atoms with Gasteiger partial charge >= 0.3 is 11.9 Å². The van der Waals surface area contributed by atoms with Crippen LogP contribution in [0, 0.1) is 46.3 Å². The third kappa shape index (κ3) is 4.92. The summed E-state index contributed by atoms with van der Waals surface area (Å²) < 4.78 is 11.2. The van der Waals surface area contributed by atoms with Gasteiger partial charge in [-0.05, 0) is 97.9 Å². The minimum absolute atomic E-state index is 0.0174. The number of esters is 2. The highest BCUT2D eigenvalue weighted by Crippen LogP contribution is 2.66. The highest BCUT2D eigenvalue weighted by molar-refractivity contribution is 5.94. The first-order valence-corrected chi connectivity index (χ1v) is 14.5. The molecule has 5 heteroatoms. The van der Waals surface area contributed by atoms with Crippen molar-refractivity contribution in [3.63, 3.8) is 0 Å². The second kappa shape index (κ2) is 10.3. The van der Waals surface area contributed by atoms with Gasteiger partial charge in [0.1, 0.15) is 12.2 Å². The fourth-order valence-corrected chi connectivity index (χ4v) is 9.05. The maximum atomic E-state index is 13.7. The molecule has 4 aliphatic rings. The van der Waals surface area contributed by atoms with Gasteiger partial charge in [0.15, 0.2) is 5.78 Å². The van der Waals surface area contributed by atoms with Gasteiger partial charge in [0.25, 0.3) is 0 Å². The fraction of sp³-hybridized carbons (Fsp3) is 0.839. The molecule has 0 bridgehead atoms. The Hall–Kier alpha value is -1.65. The molecule has 36 heavy (non-hydrogen) atoms. The molecule has 0 radical (unpaired) electrons. The first kappa shape index (κ1) is 27.4. The summed E-state index contributed by atoms with van der Waals surface area (Å²) in [5.41, 5.74) is 1.47. The minimum atomic E-state index is -0.226. The molecule has 9 atom stereocenters. The average molecular weight is 501 g/mol. The monoisotopic (exact) mass is 500 g/mol. The van der Waals surface area contributed by atoms with Gasteiger partial charge in [-0.3, -0.25) is 14.4 Å². The summed E-state index contributed by atoms with van der Waals surface area (Å²) in [4.78, 5) is 36.8. The van der Waals surface area contributed by atoms with Crippen molar-refractivity contribution in [2.75, 3.05) is 0 Å². The van der Waals surface area contributed by atoms with Crippen LogP contribution in [0.15, 0.2) is 11.6 Å². The van der Waals surface area contributed by atoms with E-state index in [0.29, 0.717) is 41.8 Å². The van der Waals surface area contributed by atoms with Gasteiger partial charge in [0.2, 0.25) is 0 Å². The first-order chi connectivity index (χ1) is 16.9. The van der Waals surface area contributed by atoms with E-state index in [2.05, 4.69) is 34.6 Å². The van der Waals surface area contributed by atoms with Crippen LogP contribution in [0.1, 0.15) is 106 Å². The van der Waals surface area contributed by atoms with E-state index < -0.39 is 0 Å². The summed E-state index contributed by atoms with van der Waals surface area (Å²) in [6, 6.07) is 0. The van der Waals surface area contributed by atoms with Crippen molar-refractivity contribution in [3.8, 4) is 0 Å². The molecule has 202 valence electrons. The number of hydrogen-bond acceptors (Lipinski definition) is 5. The molecule has 0 aromatic rings. The maximum absolute atomic E-state index is 13.7. The molecular weight excluding hydrogens is 452 g/mol. The largest absolute Gasteiger partial charge is 0.462 e. The smallest absolute Gasteiger partial charge is 0.302 e. The Balaban J connectivity index is 1.49. The Labute approximate surface area is 218 Å². The van der Waals surface area contributed by atoms with E-state index in [-0.39, 0.29) is 40.9 Å². The van der Waals surface area contributed by atoms with Gasteiger partial charge in [-0.15, -0.1) is 0 Å². The number of fused-ring (bicyclic) bond motifs is 5. The number of ether oxygens (including phenoxy) is 2. The Bertz CT molecular complexity index is 905. The number of hydrogen-bond donors (Lipinski definition) is 0. The Morgan fingerprint density at radius 2 is 1.69 bits per heavy atom. The predicted octanol–water partition coefficient (Wildman–Crippen LogP) is 6.68. The number of allylic oxidation sites excluding steroid dienone is 1. The van der Waals surface area contributed by atoms with Crippen LogP contribution in [0.25, 0.3) is 0 Å². The minimum Gasteiger partial charge on any atom is -0.462 e. The van der Waals surface area contributed by atoms with Crippen LogP contribution in [0.3, 0.4) is 0 Å². The van der Waals surface area contributed by atoms with Crippen molar-refractivity contribution < 1.29 is 23.9 Å². The van der Waals surface area contributed by atoms with E-state index in [1.807, 2.05) is 6.08 Å². The Kier molecular flexibility index (Phi) is 7.80. The SMILES string of the molecule is CC(=O)O[C@H]1CC[C@@]2(C)C(=CC(=O)[C@H]3[C@@H]4CC[C@H]([C@@H](C)CC[C@H](OC(C)=O)C(C)C)[C@@]4(C)CC[C@@H]32)C1. The van der Waals surface area contributed by atoms with Gasteiger partial charge in [-0.25, -0.2) is 0 Å². The van der Waals surface area contributed by atoms with Gasteiger partial charge in [-0.1, -0.05) is 40.2 Å². The van der Waals surface area contributed by atoms with Crippen LogP contribution in [-0.4, -0.2) is 29.9 Å². The quantitative estimate of drug-likeness (QED) is 0.365. The maximum Gasteiger partial charge on any atom is 0.302 e. The Morgan fingerprint density at radius 3 is 2.33 bits per heavy atom. The number of carbonyl (C=O) groups excluding carboxylic acids is 3. The lowest BCUT2D eigenvalue weighted by Gasteiger charge is -2.57. The van der Waals surface area contributed by atoms with Gasteiger partial charge < -0.3 is 9.47 Å². The summed E-state index contributed by atoms with van der Waals surface area (Å²) in [5.74, 6) is 2.38. The molecule has 0 heterocycles. The molecule has 0 N–H and O–H groups in total. The second-order valence-electron chi connectivity index (χ2n) is 13.4. The highest BCUT2D eigenvalue weighted by Gasteiger charge is 2.61. The molecule has 3 saturated carbocycles. The van der Waals surface area contributed by atoms with Crippen molar-refractivity contribution in [1.82, 2.24) is 0 Å². The fourth-order valence-electron chi connectivity index (χ4n) is 9.05. The van der Waals surface area contributed by atoms with Crippen LogP contribution in [0.5, 0.6) is 0 Å². The van der Waals surface area contributed by atoms with E-state index in [0.717, 1.165) is 38.5 Å². The molecule has 0 aromatic heterocycles. The van der Waals surface area contributed by atoms with E-state index in [1.54, 1.807) is 0 Å². The topological polar surface area (TPSA) is 69.7 Å². The zero-order valence-corrected chi connectivity index (χ0v) is 23.6. The van der Waals surface area contributed by atoms with Crippen LogP contribution < -0.4 is 0 Å². The lowest BCUT2D eigenvalue weighted by atomic mass is 9.46. The Morgan fingerprint density at radius 1 is 0.972 bits per heavy atom. The number of ketones is 1. The van der Waals surface area contributed by atoms with Gasteiger partial charge in [0, 0.05) is 26.2 Å². The van der Waals surface area contributed by atoms with Crippen molar-refractivity contribution in [2.24, 2.45) is 46.3 Å². The normalized spacial score (nSPS) is 39.4. The zero-order chi connectivity index (χ0) is 26.4. The van der Waals surface area contributed by atoms with Crippen molar-refractivity contribution in [2.45, 2.75) is 118 Å². The van der Waals surface area contributed by atoms with Crippen LogP contribution >= 0.6 is 0 Å². The molecule has 0 unspecified atom stereocenters. The summed E-state index contributed by atoms with van der Waals surface area (Å²) in [5, 5.41) is 0. The van der Waals surface area contributed by atoms with Gasteiger partial charge in [-0.2, -0.15) is 0 Å². The molecule has 0 spiro atoms. The third-order valence-corrected chi connectivity index (χ3v) is 11.0. The first-order valence-electron chi connectivity index (χ1n) is 14.5. The number of carbonyl (C=O) groups is 3. The highest BCUT2D eigenvalue weighted by atomic mass is 16.5. The third-order valence-electron chi connectivity index (χ3n) is 11.0. The summed E-state index contributed by atoms with van der Waals surface area (Å²) >= 11 is 0.